The molecule has 0 bridgehead atoms. The topological polar surface area (TPSA) is 91.8 Å². The quantitative estimate of drug-likeness (QED) is 0.716. The number of fused-ring (bicyclic) bond motifs is 1. The van der Waals surface area contributed by atoms with Gasteiger partial charge in [0.15, 0.2) is 0 Å². The molecule has 1 amide bonds. The lowest BCUT2D eigenvalue weighted by molar-refractivity contribution is 0.0945. The van der Waals surface area contributed by atoms with Crippen LogP contribution in [-0.4, -0.2) is 16.0 Å². The lowest BCUT2D eigenvalue weighted by atomic mass is 9.86. The minimum Gasteiger partial charge on any atom is -0.336 e. The zero-order chi connectivity index (χ0) is 20.5. The Bertz CT molecular complexity index is 1040. The lowest BCUT2D eigenvalue weighted by Gasteiger charge is -2.20. The molecule has 0 saturated carbocycles. The predicted molar refractivity (Wildman–Crippen MR) is 107 cm³/mol. The molecular weight excluding hydrogens is 352 g/mol. The van der Waals surface area contributed by atoms with Crippen LogP contribution in [0.5, 0.6) is 0 Å². The fourth-order valence-corrected chi connectivity index (χ4v) is 2.97. The van der Waals surface area contributed by atoms with Gasteiger partial charge in [-0.1, -0.05) is 64.0 Å². The van der Waals surface area contributed by atoms with Gasteiger partial charge in [0.05, 0.1) is 22.7 Å². The van der Waals surface area contributed by atoms with Crippen molar-refractivity contribution in [1.29, 1.82) is 5.26 Å². The Labute approximate surface area is 164 Å². The highest BCUT2D eigenvalue weighted by Crippen LogP contribution is 2.25. The van der Waals surface area contributed by atoms with E-state index in [9.17, 15) is 10.1 Å². The van der Waals surface area contributed by atoms with Gasteiger partial charge in [-0.15, -0.1) is 0 Å². The Balaban J connectivity index is 1.83. The second-order valence-corrected chi connectivity index (χ2v) is 8.21. The first-order chi connectivity index (χ1) is 13.2. The molecule has 0 aliphatic carbocycles. The van der Waals surface area contributed by atoms with Gasteiger partial charge in [0.1, 0.15) is 6.04 Å². The van der Waals surface area contributed by atoms with Gasteiger partial charge in [0, 0.05) is 6.20 Å². The van der Waals surface area contributed by atoms with Crippen LogP contribution in [0.15, 0.2) is 41.1 Å². The molecule has 1 N–H and O–H groups in total. The normalized spacial score (nSPS) is 12.8. The smallest absolute Gasteiger partial charge is 0.257 e. The van der Waals surface area contributed by atoms with Gasteiger partial charge in [-0.3, -0.25) is 4.79 Å². The molecule has 2 aromatic heterocycles. The number of nitrogens with zero attached hydrogens (tertiary/aromatic N) is 3. The zero-order valence-electron chi connectivity index (χ0n) is 16.8. The van der Waals surface area contributed by atoms with Crippen LogP contribution in [0.4, 0.5) is 0 Å². The first kappa shape index (κ1) is 19.6. The molecule has 2 heterocycles. The molecule has 6 heteroatoms. The molecule has 1 atom stereocenters. The predicted octanol–water partition coefficient (Wildman–Crippen LogP) is 4.64. The molecule has 0 saturated heterocycles. The van der Waals surface area contributed by atoms with E-state index in [4.69, 9.17) is 4.52 Å². The molecule has 6 nitrogen and oxygen atoms in total. The van der Waals surface area contributed by atoms with Crippen molar-refractivity contribution in [2.45, 2.75) is 52.0 Å². The summed E-state index contributed by atoms with van der Waals surface area (Å²) < 4.78 is 5.21. The number of hydrogen-bond acceptors (Lipinski definition) is 5. The molecule has 28 heavy (non-hydrogen) atoms. The van der Waals surface area contributed by atoms with E-state index < -0.39 is 6.04 Å². The van der Waals surface area contributed by atoms with Crippen molar-refractivity contribution in [3.63, 3.8) is 0 Å². The van der Waals surface area contributed by atoms with E-state index in [1.54, 1.807) is 6.07 Å². The molecule has 0 spiro atoms. The van der Waals surface area contributed by atoms with Gasteiger partial charge in [-0.2, -0.15) is 5.26 Å². The maximum atomic E-state index is 12.7. The van der Waals surface area contributed by atoms with Crippen molar-refractivity contribution in [2.24, 2.45) is 0 Å². The number of carbonyl (C=O) groups is 1. The minimum absolute atomic E-state index is 0.0255. The average molecular weight is 376 g/mol. The fraction of sp³-hybridized carbons (Fsp3) is 0.364. The summed E-state index contributed by atoms with van der Waals surface area (Å²) in [5.41, 5.74) is 3.46. The monoisotopic (exact) mass is 376 g/mol. The van der Waals surface area contributed by atoms with Crippen LogP contribution in [0.25, 0.3) is 11.1 Å². The van der Waals surface area contributed by atoms with E-state index in [0.717, 1.165) is 11.3 Å². The van der Waals surface area contributed by atoms with Crippen molar-refractivity contribution < 1.29 is 9.32 Å². The van der Waals surface area contributed by atoms with E-state index >= 15 is 0 Å². The standard InChI is InChI=1S/C22H24N4O2/c1-13(2)19-17-10-15(12-24-21(17)28-26-19)20(27)25-18(11-23)14-6-8-16(9-7-14)22(3,4)5/h6-10,12-13,18H,1-5H3,(H,25,27). The molecule has 3 rings (SSSR count). The Morgan fingerprint density at radius 3 is 2.46 bits per heavy atom. The third-order valence-electron chi connectivity index (χ3n) is 4.68. The summed E-state index contributed by atoms with van der Waals surface area (Å²) in [6.07, 6.45) is 1.43. The van der Waals surface area contributed by atoms with E-state index in [-0.39, 0.29) is 17.2 Å². The molecule has 0 radical (unpaired) electrons. The Morgan fingerprint density at radius 2 is 1.89 bits per heavy atom. The van der Waals surface area contributed by atoms with E-state index in [1.807, 2.05) is 38.1 Å². The van der Waals surface area contributed by atoms with Crippen molar-refractivity contribution >= 4 is 17.0 Å². The average Bonchev–Trinajstić information content (AvgIpc) is 3.08. The minimum atomic E-state index is -0.746. The van der Waals surface area contributed by atoms with Crippen molar-refractivity contribution in [3.05, 3.63) is 58.9 Å². The summed E-state index contributed by atoms with van der Waals surface area (Å²) in [4.78, 5) is 16.9. The maximum Gasteiger partial charge on any atom is 0.257 e. The number of hydrogen-bond donors (Lipinski definition) is 1. The highest BCUT2D eigenvalue weighted by Gasteiger charge is 2.20. The van der Waals surface area contributed by atoms with E-state index in [0.29, 0.717) is 16.7 Å². The molecule has 0 fully saturated rings. The van der Waals surface area contributed by atoms with E-state index in [2.05, 4.69) is 42.3 Å². The number of nitrogens with one attached hydrogen (secondary N) is 1. The van der Waals surface area contributed by atoms with E-state index in [1.165, 1.54) is 11.8 Å². The fourth-order valence-electron chi connectivity index (χ4n) is 2.97. The number of rotatable bonds is 4. The summed E-state index contributed by atoms with van der Waals surface area (Å²) in [6.45, 7) is 10.4. The summed E-state index contributed by atoms with van der Waals surface area (Å²) in [7, 11) is 0. The van der Waals surface area contributed by atoms with Gasteiger partial charge in [-0.25, -0.2) is 4.98 Å². The second-order valence-electron chi connectivity index (χ2n) is 8.21. The van der Waals surface area contributed by atoms with Gasteiger partial charge >= 0.3 is 0 Å². The number of aromatic nitrogens is 2. The summed E-state index contributed by atoms with van der Waals surface area (Å²) >= 11 is 0. The molecule has 144 valence electrons. The number of amides is 1. The Kier molecular flexibility index (Phi) is 5.19. The number of benzene rings is 1. The molecular formula is C22H24N4O2. The number of pyridine rings is 1. The summed E-state index contributed by atoms with van der Waals surface area (Å²) in [6, 6.07) is 10.9. The van der Waals surface area contributed by atoms with Crippen LogP contribution < -0.4 is 5.32 Å². The largest absolute Gasteiger partial charge is 0.336 e. The molecule has 1 aromatic carbocycles. The van der Waals surface area contributed by atoms with Gasteiger partial charge in [-0.05, 0) is 28.5 Å². The van der Waals surface area contributed by atoms with Crippen molar-refractivity contribution in [1.82, 2.24) is 15.5 Å². The molecule has 0 aliphatic rings. The van der Waals surface area contributed by atoms with Crippen LogP contribution >= 0.6 is 0 Å². The molecule has 1 unspecified atom stereocenters. The summed E-state index contributed by atoms with van der Waals surface area (Å²) in [5.74, 6) is -0.216. The Hall–Kier alpha value is -3.20. The third-order valence-corrected chi connectivity index (χ3v) is 4.68. The van der Waals surface area contributed by atoms with Crippen LogP contribution in [-0.2, 0) is 5.41 Å². The lowest BCUT2D eigenvalue weighted by Crippen LogP contribution is -2.27. The van der Waals surface area contributed by atoms with Crippen molar-refractivity contribution in [3.8, 4) is 6.07 Å². The van der Waals surface area contributed by atoms with Crippen LogP contribution in [0, 0.1) is 11.3 Å². The number of carbonyl (C=O) groups excluding carboxylic acids is 1. The third kappa shape index (κ3) is 3.89. The van der Waals surface area contributed by atoms with Crippen molar-refractivity contribution in [2.75, 3.05) is 0 Å². The first-order valence-corrected chi connectivity index (χ1v) is 9.27. The van der Waals surface area contributed by atoms with Crippen LogP contribution in [0.2, 0.25) is 0 Å². The maximum absolute atomic E-state index is 12.7. The van der Waals surface area contributed by atoms with Gasteiger partial charge in [0.25, 0.3) is 11.6 Å². The SMILES string of the molecule is CC(C)c1noc2ncc(C(=O)NC(C#N)c3ccc(C(C)(C)C)cc3)cc12. The second kappa shape index (κ2) is 7.43. The molecule has 0 aliphatic heterocycles. The van der Waals surface area contributed by atoms with Gasteiger partial charge in [0.2, 0.25) is 0 Å². The van der Waals surface area contributed by atoms with Crippen LogP contribution in [0.1, 0.15) is 73.8 Å². The highest BCUT2D eigenvalue weighted by atomic mass is 16.5. The number of nitriles is 1. The zero-order valence-corrected chi connectivity index (χ0v) is 16.8. The van der Waals surface area contributed by atoms with Gasteiger partial charge < -0.3 is 9.84 Å². The Morgan fingerprint density at radius 1 is 1.21 bits per heavy atom. The molecule has 3 aromatic rings. The highest BCUT2D eigenvalue weighted by molar-refractivity contribution is 5.97. The summed E-state index contributed by atoms with van der Waals surface area (Å²) in [5, 5.41) is 17.1. The van der Waals surface area contributed by atoms with Crippen LogP contribution in [0.3, 0.4) is 0 Å². The first-order valence-electron chi connectivity index (χ1n) is 9.27.